The zero-order valence-corrected chi connectivity index (χ0v) is 16.0. The fourth-order valence-electron chi connectivity index (χ4n) is 3.54. The van der Waals surface area contributed by atoms with Crippen molar-refractivity contribution in [1.29, 1.82) is 0 Å². The van der Waals surface area contributed by atoms with Crippen LogP contribution in [0, 0.1) is 6.92 Å². The third-order valence-corrected chi connectivity index (χ3v) is 5.18. The topological polar surface area (TPSA) is 29.9 Å². The summed E-state index contributed by atoms with van der Waals surface area (Å²) in [7, 11) is 0. The summed E-state index contributed by atoms with van der Waals surface area (Å²) in [6.07, 6.45) is -1.86. The molecule has 2 heterocycles. The minimum atomic E-state index is -4.53. The predicted octanol–water partition coefficient (Wildman–Crippen LogP) is 6.27. The molecule has 0 saturated carbocycles. The van der Waals surface area contributed by atoms with Gasteiger partial charge in [0.1, 0.15) is 5.82 Å². The van der Waals surface area contributed by atoms with Crippen molar-refractivity contribution in [3.63, 3.8) is 0 Å². The molecule has 2 aromatic carbocycles. The molecule has 0 atom stereocenters. The van der Waals surface area contributed by atoms with Crippen LogP contribution in [0.4, 0.5) is 19.0 Å². The number of nitrogens with zero attached hydrogens (tertiary/aromatic N) is 2. The Morgan fingerprint density at radius 1 is 1.07 bits per heavy atom. The number of benzene rings is 2. The van der Waals surface area contributed by atoms with Crippen LogP contribution in [0.25, 0.3) is 16.9 Å². The Hall–Kier alpha value is -2.47. The van der Waals surface area contributed by atoms with E-state index in [1.807, 2.05) is 31.2 Å². The highest BCUT2D eigenvalue weighted by atomic mass is 35.5. The summed E-state index contributed by atoms with van der Waals surface area (Å²) in [4.78, 5) is 0. The third kappa shape index (κ3) is 3.49. The third-order valence-electron chi connectivity index (χ3n) is 4.95. The second-order valence-corrected chi connectivity index (χ2v) is 7.43. The fraction of sp³-hybridized carbons (Fsp3) is 0.286. The van der Waals surface area contributed by atoms with Crippen molar-refractivity contribution in [2.75, 3.05) is 11.9 Å². The Morgan fingerprint density at radius 3 is 2.54 bits per heavy atom. The zero-order chi connectivity index (χ0) is 19.9. The number of halogens is 4. The van der Waals surface area contributed by atoms with E-state index in [-0.39, 0.29) is 10.7 Å². The van der Waals surface area contributed by atoms with Crippen molar-refractivity contribution in [2.45, 2.75) is 32.4 Å². The number of hydrogen-bond donors (Lipinski definition) is 1. The maximum absolute atomic E-state index is 13.7. The van der Waals surface area contributed by atoms with Crippen molar-refractivity contribution in [3.8, 4) is 16.9 Å². The van der Waals surface area contributed by atoms with E-state index in [0.29, 0.717) is 18.1 Å². The molecule has 0 fully saturated rings. The maximum Gasteiger partial charge on any atom is 0.418 e. The van der Waals surface area contributed by atoms with Crippen LogP contribution in [0.3, 0.4) is 0 Å². The van der Waals surface area contributed by atoms with E-state index in [1.165, 1.54) is 16.8 Å². The van der Waals surface area contributed by atoms with Crippen LogP contribution >= 0.6 is 11.6 Å². The smallest absolute Gasteiger partial charge is 0.370 e. The molecule has 146 valence electrons. The highest BCUT2D eigenvalue weighted by molar-refractivity contribution is 6.30. The van der Waals surface area contributed by atoms with Crippen LogP contribution in [0.5, 0.6) is 0 Å². The van der Waals surface area contributed by atoms with Gasteiger partial charge in [0.25, 0.3) is 0 Å². The van der Waals surface area contributed by atoms with Crippen LogP contribution in [0.1, 0.15) is 29.5 Å². The molecular formula is C21H19ClF3N3. The van der Waals surface area contributed by atoms with Crippen LogP contribution in [-0.4, -0.2) is 16.3 Å². The molecule has 7 heteroatoms. The first-order valence-corrected chi connectivity index (χ1v) is 9.52. The lowest BCUT2D eigenvalue weighted by Crippen LogP contribution is -2.14. The molecule has 0 spiro atoms. The van der Waals surface area contributed by atoms with E-state index < -0.39 is 11.7 Å². The van der Waals surface area contributed by atoms with E-state index in [4.69, 9.17) is 11.6 Å². The molecule has 3 nitrogen and oxygen atoms in total. The minimum absolute atomic E-state index is 0.0269. The highest BCUT2D eigenvalue weighted by Gasteiger charge is 2.36. The minimum Gasteiger partial charge on any atom is -0.370 e. The van der Waals surface area contributed by atoms with Gasteiger partial charge in [0.2, 0.25) is 0 Å². The highest BCUT2D eigenvalue weighted by Crippen LogP contribution is 2.39. The Morgan fingerprint density at radius 2 is 1.82 bits per heavy atom. The number of anilines is 1. The van der Waals surface area contributed by atoms with E-state index in [0.717, 1.165) is 42.0 Å². The number of alkyl halides is 3. The van der Waals surface area contributed by atoms with Gasteiger partial charge in [-0.15, -0.1) is 0 Å². The van der Waals surface area contributed by atoms with Crippen molar-refractivity contribution in [1.82, 2.24) is 9.78 Å². The van der Waals surface area contributed by atoms with Crippen molar-refractivity contribution >= 4 is 17.4 Å². The average molecular weight is 406 g/mol. The molecule has 1 N–H and O–H groups in total. The molecule has 1 aromatic heterocycles. The molecule has 0 amide bonds. The largest absolute Gasteiger partial charge is 0.418 e. The molecular weight excluding hydrogens is 387 g/mol. The maximum atomic E-state index is 13.7. The number of hydrogen-bond acceptors (Lipinski definition) is 2. The summed E-state index contributed by atoms with van der Waals surface area (Å²) in [5.74, 6) is 0.626. The molecule has 0 unspecified atom stereocenters. The van der Waals surface area contributed by atoms with Gasteiger partial charge in [-0.1, -0.05) is 41.4 Å². The first kappa shape index (κ1) is 18.9. The van der Waals surface area contributed by atoms with Crippen molar-refractivity contribution < 1.29 is 13.2 Å². The van der Waals surface area contributed by atoms with Gasteiger partial charge < -0.3 is 5.32 Å². The summed E-state index contributed by atoms with van der Waals surface area (Å²) in [6.45, 7) is 2.69. The number of fused-ring (bicyclic) bond motifs is 1. The number of nitrogens with one attached hydrogen (secondary N) is 1. The molecule has 0 saturated heterocycles. The fourth-order valence-corrected chi connectivity index (χ4v) is 3.71. The van der Waals surface area contributed by atoms with E-state index in [9.17, 15) is 13.2 Å². The van der Waals surface area contributed by atoms with Crippen LogP contribution < -0.4 is 5.32 Å². The number of aromatic nitrogens is 2. The van der Waals surface area contributed by atoms with Crippen molar-refractivity contribution in [3.05, 3.63) is 64.2 Å². The lowest BCUT2D eigenvalue weighted by Gasteiger charge is -2.16. The van der Waals surface area contributed by atoms with Gasteiger partial charge in [-0.2, -0.15) is 18.3 Å². The molecule has 0 bridgehead atoms. The van der Waals surface area contributed by atoms with Gasteiger partial charge >= 0.3 is 6.18 Å². The molecule has 1 aliphatic heterocycles. The van der Waals surface area contributed by atoms with E-state index >= 15 is 0 Å². The quantitative estimate of drug-likeness (QED) is 0.544. The molecule has 1 aliphatic rings. The van der Waals surface area contributed by atoms with E-state index in [1.54, 1.807) is 0 Å². The normalized spacial score (nSPS) is 14.3. The van der Waals surface area contributed by atoms with Crippen LogP contribution in [0.15, 0.2) is 42.5 Å². The summed E-state index contributed by atoms with van der Waals surface area (Å²) >= 11 is 5.85. The lowest BCUT2D eigenvalue weighted by molar-refractivity contribution is -0.137. The lowest BCUT2D eigenvalue weighted by atomic mass is 10.0. The van der Waals surface area contributed by atoms with Crippen LogP contribution in [0.2, 0.25) is 5.02 Å². The van der Waals surface area contributed by atoms with Gasteiger partial charge in [-0.25, -0.2) is 4.68 Å². The Bertz CT molecular complexity index is 1010. The SMILES string of the molecule is Cc1ccc(-c2nn(-c3ccc(Cl)cc3C(F)(F)F)c3c2CCCCN3)cc1. The summed E-state index contributed by atoms with van der Waals surface area (Å²) < 4.78 is 42.4. The second kappa shape index (κ2) is 7.17. The van der Waals surface area contributed by atoms with Crippen molar-refractivity contribution in [2.24, 2.45) is 0 Å². The monoisotopic (exact) mass is 405 g/mol. The molecule has 0 radical (unpaired) electrons. The zero-order valence-electron chi connectivity index (χ0n) is 15.3. The first-order valence-electron chi connectivity index (χ1n) is 9.14. The van der Waals surface area contributed by atoms with Gasteiger partial charge in [0.05, 0.1) is 16.9 Å². The molecule has 3 aromatic rings. The van der Waals surface area contributed by atoms with Gasteiger partial charge in [0, 0.05) is 22.7 Å². The Kier molecular flexibility index (Phi) is 4.83. The summed E-state index contributed by atoms with van der Waals surface area (Å²) in [5.41, 5.74) is 2.85. The first-order chi connectivity index (χ1) is 13.3. The number of rotatable bonds is 2. The molecule has 0 aliphatic carbocycles. The Labute approximate surface area is 166 Å². The second-order valence-electron chi connectivity index (χ2n) is 7.00. The standard InChI is InChI=1S/C21H19ClF3N3/c1-13-5-7-14(8-6-13)19-16-4-2-3-11-26-20(16)28(27-19)18-10-9-15(22)12-17(18)21(23,24)25/h5-10,12,26H,2-4,11H2,1H3. The van der Waals surface area contributed by atoms with Gasteiger partial charge in [-0.05, 0) is 44.4 Å². The number of aryl methyl sites for hydroxylation is 1. The van der Waals surface area contributed by atoms with Gasteiger partial charge in [0.15, 0.2) is 0 Å². The predicted molar refractivity (Wildman–Crippen MR) is 105 cm³/mol. The van der Waals surface area contributed by atoms with E-state index in [2.05, 4.69) is 10.4 Å². The Balaban J connectivity index is 1.95. The van der Waals surface area contributed by atoms with Crippen LogP contribution in [-0.2, 0) is 12.6 Å². The summed E-state index contributed by atoms with van der Waals surface area (Å²) in [5, 5.41) is 7.95. The average Bonchev–Trinajstić information content (AvgIpc) is 2.83. The molecule has 4 rings (SSSR count). The van der Waals surface area contributed by atoms with Gasteiger partial charge in [-0.3, -0.25) is 0 Å². The summed E-state index contributed by atoms with van der Waals surface area (Å²) in [6, 6.07) is 11.7. The molecule has 28 heavy (non-hydrogen) atoms.